The van der Waals surface area contributed by atoms with E-state index in [9.17, 15) is 13.2 Å². The Bertz CT molecular complexity index is 1190. The normalized spacial score (nSPS) is 11.1. The van der Waals surface area contributed by atoms with Gasteiger partial charge in [0.25, 0.3) is 15.9 Å². The molecule has 0 unspecified atom stereocenters. The summed E-state index contributed by atoms with van der Waals surface area (Å²) >= 11 is 0. The molecule has 0 fully saturated rings. The highest BCUT2D eigenvalue weighted by Crippen LogP contribution is 2.28. The summed E-state index contributed by atoms with van der Waals surface area (Å²) in [6.07, 6.45) is 0. The standard InChI is InChI=1S/C23H24N2O4S/c1-15-5-7-17(3)20(13-15)23(26)24-18-8-10-19(11-9-18)30(27,28)25-21-14-16(2)6-12-22(21)29-4/h5-14,25H,1-4H3,(H,24,26). The lowest BCUT2D eigenvalue weighted by Crippen LogP contribution is -2.15. The van der Waals surface area contributed by atoms with E-state index in [1.54, 1.807) is 24.3 Å². The quantitative estimate of drug-likeness (QED) is 0.602. The van der Waals surface area contributed by atoms with Crippen LogP contribution in [0.3, 0.4) is 0 Å². The Kier molecular flexibility index (Phi) is 6.12. The monoisotopic (exact) mass is 424 g/mol. The number of hydrogen-bond acceptors (Lipinski definition) is 4. The molecular formula is C23H24N2O4S. The van der Waals surface area contributed by atoms with Gasteiger partial charge in [-0.25, -0.2) is 8.42 Å². The van der Waals surface area contributed by atoms with Gasteiger partial charge in [-0.3, -0.25) is 9.52 Å². The summed E-state index contributed by atoms with van der Waals surface area (Å²) in [5.41, 5.74) is 4.22. The summed E-state index contributed by atoms with van der Waals surface area (Å²) in [5, 5.41) is 2.81. The molecule has 30 heavy (non-hydrogen) atoms. The molecule has 7 heteroatoms. The molecule has 0 aromatic heterocycles. The number of anilines is 2. The minimum Gasteiger partial charge on any atom is -0.495 e. The average Bonchev–Trinajstić information content (AvgIpc) is 2.70. The van der Waals surface area contributed by atoms with Crippen molar-refractivity contribution in [2.45, 2.75) is 25.7 Å². The third kappa shape index (κ3) is 4.80. The maximum Gasteiger partial charge on any atom is 0.262 e. The van der Waals surface area contributed by atoms with Crippen molar-refractivity contribution in [2.24, 2.45) is 0 Å². The molecule has 2 N–H and O–H groups in total. The zero-order valence-electron chi connectivity index (χ0n) is 17.3. The molecule has 0 radical (unpaired) electrons. The Labute approximate surface area is 177 Å². The second-order valence-electron chi connectivity index (χ2n) is 7.11. The molecule has 0 aliphatic carbocycles. The van der Waals surface area contributed by atoms with Crippen molar-refractivity contribution in [3.63, 3.8) is 0 Å². The smallest absolute Gasteiger partial charge is 0.262 e. The minimum atomic E-state index is -3.82. The van der Waals surface area contributed by atoms with Crippen LogP contribution in [0, 0.1) is 20.8 Å². The van der Waals surface area contributed by atoms with E-state index in [4.69, 9.17) is 4.74 Å². The average molecular weight is 425 g/mol. The van der Waals surface area contributed by atoms with E-state index in [-0.39, 0.29) is 10.8 Å². The molecule has 6 nitrogen and oxygen atoms in total. The Hall–Kier alpha value is -3.32. The molecule has 1 amide bonds. The SMILES string of the molecule is COc1ccc(C)cc1NS(=O)(=O)c1ccc(NC(=O)c2cc(C)ccc2C)cc1. The van der Waals surface area contributed by atoms with E-state index in [1.165, 1.54) is 19.2 Å². The molecule has 0 atom stereocenters. The Morgan fingerprint density at radius 1 is 0.867 bits per heavy atom. The summed E-state index contributed by atoms with van der Waals surface area (Å²) in [5.74, 6) is 0.191. The van der Waals surface area contributed by atoms with Crippen molar-refractivity contribution < 1.29 is 17.9 Å². The maximum atomic E-state index is 12.8. The van der Waals surface area contributed by atoms with Crippen molar-refractivity contribution in [3.05, 3.63) is 82.9 Å². The molecule has 3 aromatic rings. The number of carbonyl (C=O) groups excluding carboxylic acids is 1. The highest BCUT2D eigenvalue weighted by Gasteiger charge is 2.17. The first kappa shape index (κ1) is 21.4. The lowest BCUT2D eigenvalue weighted by molar-refractivity contribution is 0.102. The number of carbonyl (C=O) groups is 1. The molecule has 0 saturated heterocycles. The molecule has 0 aliphatic heterocycles. The number of rotatable bonds is 6. The van der Waals surface area contributed by atoms with Crippen LogP contribution in [0.1, 0.15) is 27.0 Å². The molecule has 0 aliphatic rings. The molecule has 0 spiro atoms. The molecule has 0 saturated carbocycles. The fourth-order valence-electron chi connectivity index (χ4n) is 3.00. The Balaban J connectivity index is 1.79. The fraction of sp³-hybridized carbons (Fsp3) is 0.174. The Morgan fingerprint density at radius 2 is 1.50 bits per heavy atom. The van der Waals surface area contributed by atoms with Gasteiger partial charge in [0.15, 0.2) is 0 Å². The van der Waals surface area contributed by atoms with Crippen molar-refractivity contribution in [1.29, 1.82) is 0 Å². The number of benzene rings is 3. The summed E-state index contributed by atoms with van der Waals surface area (Å²) in [6, 6.07) is 16.9. The second-order valence-corrected chi connectivity index (χ2v) is 8.79. The highest BCUT2D eigenvalue weighted by molar-refractivity contribution is 7.92. The van der Waals surface area contributed by atoms with Crippen LogP contribution in [-0.2, 0) is 10.0 Å². The van der Waals surface area contributed by atoms with Gasteiger partial charge in [-0.2, -0.15) is 0 Å². The second kappa shape index (κ2) is 8.59. The zero-order chi connectivity index (χ0) is 21.9. The van der Waals surface area contributed by atoms with Crippen molar-refractivity contribution in [2.75, 3.05) is 17.1 Å². The first-order valence-corrected chi connectivity index (χ1v) is 10.8. The molecule has 0 heterocycles. The van der Waals surface area contributed by atoms with Crippen molar-refractivity contribution >= 4 is 27.3 Å². The van der Waals surface area contributed by atoms with Crippen LogP contribution in [0.2, 0.25) is 0 Å². The van der Waals surface area contributed by atoms with Crippen molar-refractivity contribution in [1.82, 2.24) is 0 Å². The van der Waals surface area contributed by atoms with Gasteiger partial charge < -0.3 is 10.1 Å². The topological polar surface area (TPSA) is 84.5 Å². The maximum absolute atomic E-state index is 12.8. The lowest BCUT2D eigenvalue weighted by Gasteiger charge is -2.13. The van der Waals surface area contributed by atoms with E-state index < -0.39 is 10.0 Å². The van der Waals surface area contributed by atoms with Crippen LogP contribution >= 0.6 is 0 Å². The number of methoxy groups -OCH3 is 1. The predicted molar refractivity (Wildman–Crippen MR) is 119 cm³/mol. The van der Waals surface area contributed by atoms with Crippen LogP contribution < -0.4 is 14.8 Å². The fourth-order valence-corrected chi connectivity index (χ4v) is 4.06. The number of amides is 1. The van der Waals surface area contributed by atoms with Gasteiger partial charge in [0.2, 0.25) is 0 Å². The van der Waals surface area contributed by atoms with E-state index in [1.807, 2.05) is 45.0 Å². The summed E-state index contributed by atoms with van der Waals surface area (Å²) in [7, 11) is -2.33. The van der Waals surface area contributed by atoms with Gasteiger partial charge >= 0.3 is 0 Å². The van der Waals surface area contributed by atoms with Gasteiger partial charge in [0.1, 0.15) is 5.75 Å². The van der Waals surface area contributed by atoms with E-state index >= 15 is 0 Å². The summed E-state index contributed by atoms with van der Waals surface area (Å²) in [6.45, 7) is 5.66. The molecular weight excluding hydrogens is 400 g/mol. The van der Waals surface area contributed by atoms with E-state index in [0.717, 1.165) is 16.7 Å². The van der Waals surface area contributed by atoms with Crippen LogP contribution in [0.15, 0.2) is 65.6 Å². The Morgan fingerprint density at radius 3 is 2.17 bits per heavy atom. The van der Waals surface area contributed by atoms with E-state index in [2.05, 4.69) is 10.0 Å². The minimum absolute atomic E-state index is 0.0794. The molecule has 156 valence electrons. The molecule has 0 bridgehead atoms. The van der Waals surface area contributed by atoms with Crippen molar-refractivity contribution in [3.8, 4) is 5.75 Å². The number of aryl methyl sites for hydroxylation is 3. The van der Waals surface area contributed by atoms with Gasteiger partial charge in [0, 0.05) is 11.3 Å². The van der Waals surface area contributed by atoms with Crippen LogP contribution in [-0.4, -0.2) is 21.4 Å². The number of ether oxygens (including phenoxy) is 1. The first-order chi connectivity index (χ1) is 14.2. The zero-order valence-corrected chi connectivity index (χ0v) is 18.1. The van der Waals surface area contributed by atoms with Gasteiger partial charge in [0.05, 0.1) is 17.7 Å². The van der Waals surface area contributed by atoms with Gasteiger partial charge in [-0.1, -0.05) is 23.8 Å². The van der Waals surface area contributed by atoms with Crippen LogP contribution in [0.25, 0.3) is 0 Å². The number of sulfonamides is 1. The lowest BCUT2D eigenvalue weighted by atomic mass is 10.1. The highest BCUT2D eigenvalue weighted by atomic mass is 32.2. The third-order valence-corrected chi connectivity index (χ3v) is 6.04. The largest absolute Gasteiger partial charge is 0.495 e. The van der Waals surface area contributed by atoms with Crippen LogP contribution in [0.5, 0.6) is 5.75 Å². The number of nitrogens with one attached hydrogen (secondary N) is 2. The number of hydrogen-bond donors (Lipinski definition) is 2. The van der Waals surface area contributed by atoms with Crippen LogP contribution in [0.4, 0.5) is 11.4 Å². The molecule has 3 rings (SSSR count). The predicted octanol–water partition coefficient (Wildman–Crippen LogP) is 4.67. The first-order valence-electron chi connectivity index (χ1n) is 9.36. The summed E-state index contributed by atoms with van der Waals surface area (Å²) < 4.78 is 33.3. The summed E-state index contributed by atoms with van der Waals surface area (Å²) in [4.78, 5) is 12.6. The van der Waals surface area contributed by atoms with Gasteiger partial charge in [-0.05, 0) is 74.4 Å². The third-order valence-electron chi connectivity index (χ3n) is 4.66. The van der Waals surface area contributed by atoms with Gasteiger partial charge in [-0.15, -0.1) is 0 Å². The molecule has 3 aromatic carbocycles. The van der Waals surface area contributed by atoms with E-state index in [0.29, 0.717) is 22.7 Å².